The van der Waals surface area contributed by atoms with E-state index in [2.05, 4.69) is 15.3 Å². The van der Waals surface area contributed by atoms with E-state index in [1.165, 1.54) is 0 Å². The highest BCUT2D eigenvalue weighted by Crippen LogP contribution is 2.17. The van der Waals surface area contributed by atoms with E-state index in [9.17, 15) is 4.39 Å². The van der Waals surface area contributed by atoms with Gasteiger partial charge in [0.05, 0.1) is 17.9 Å². The predicted molar refractivity (Wildman–Crippen MR) is 65.2 cm³/mol. The normalized spacial score (nSPS) is 10.3. The first kappa shape index (κ1) is 11.5. The van der Waals surface area contributed by atoms with Gasteiger partial charge in [-0.3, -0.25) is 0 Å². The summed E-state index contributed by atoms with van der Waals surface area (Å²) in [6.07, 6.45) is 1.70. The fraction of sp³-hybridized carbons (Fsp3) is 0.231. The molecule has 2 rings (SSSR count). The van der Waals surface area contributed by atoms with Gasteiger partial charge in [0.15, 0.2) is 0 Å². The first-order valence-corrected chi connectivity index (χ1v) is 5.44. The molecule has 0 bridgehead atoms. The third kappa shape index (κ3) is 2.78. The van der Waals surface area contributed by atoms with Crippen LogP contribution in [0.4, 0.5) is 10.1 Å². The fourth-order valence-corrected chi connectivity index (χ4v) is 1.57. The van der Waals surface area contributed by atoms with Crippen molar-refractivity contribution in [3.63, 3.8) is 0 Å². The van der Waals surface area contributed by atoms with Crippen LogP contribution < -0.4 is 5.32 Å². The largest absolute Gasteiger partial charge is 0.377 e. The van der Waals surface area contributed by atoms with Crippen LogP contribution in [0.15, 0.2) is 30.5 Å². The Balaban J connectivity index is 2.10. The van der Waals surface area contributed by atoms with Crippen molar-refractivity contribution in [2.24, 2.45) is 0 Å². The van der Waals surface area contributed by atoms with Crippen molar-refractivity contribution in [1.29, 1.82) is 0 Å². The monoisotopic (exact) mass is 231 g/mol. The van der Waals surface area contributed by atoms with Gasteiger partial charge >= 0.3 is 0 Å². The molecule has 0 aliphatic rings. The SMILES string of the molecule is Cc1nccc(CNc2cccc(C)c2F)n1. The Hall–Kier alpha value is -1.97. The second-order valence-corrected chi connectivity index (χ2v) is 3.89. The number of nitrogens with one attached hydrogen (secondary N) is 1. The van der Waals surface area contributed by atoms with Crippen LogP contribution in [-0.2, 0) is 6.54 Å². The molecule has 0 aliphatic heterocycles. The standard InChI is InChI=1S/C13H14FN3/c1-9-4-3-5-12(13(9)14)16-8-11-6-7-15-10(2)17-11/h3-7,16H,8H2,1-2H3. The van der Waals surface area contributed by atoms with Gasteiger partial charge in [0.2, 0.25) is 0 Å². The molecule has 1 aromatic heterocycles. The predicted octanol–water partition coefficient (Wildman–Crippen LogP) is 2.84. The van der Waals surface area contributed by atoms with E-state index >= 15 is 0 Å². The van der Waals surface area contributed by atoms with Gasteiger partial charge < -0.3 is 5.32 Å². The van der Waals surface area contributed by atoms with Crippen LogP contribution in [0.25, 0.3) is 0 Å². The van der Waals surface area contributed by atoms with Gasteiger partial charge in [-0.2, -0.15) is 0 Å². The van der Waals surface area contributed by atoms with Gasteiger partial charge in [0.1, 0.15) is 11.6 Å². The van der Waals surface area contributed by atoms with E-state index in [0.29, 0.717) is 23.6 Å². The minimum absolute atomic E-state index is 0.210. The molecule has 0 fully saturated rings. The van der Waals surface area contributed by atoms with Crippen molar-refractivity contribution >= 4 is 5.69 Å². The number of rotatable bonds is 3. The van der Waals surface area contributed by atoms with Gasteiger partial charge in [0, 0.05) is 6.20 Å². The molecule has 3 nitrogen and oxygen atoms in total. The maximum atomic E-state index is 13.7. The molecule has 1 heterocycles. The van der Waals surface area contributed by atoms with Crippen LogP contribution in [0.2, 0.25) is 0 Å². The van der Waals surface area contributed by atoms with Crippen molar-refractivity contribution in [3.8, 4) is 0 Å². The minimum atomic E-state index is -0.210. The van der Waals surface area contributed by atoms with E-state index in [0.717, 1.165) is 5.69 Å². The lowest BCUT2D eigenvalue weighted by atomic mass is 10.2. The van der Waals surface area contributed by atoms with E-state index in [-0.39, 0.29) is 5.82 Å². The molecule has 1 N–H and O–H groups in total. The number of aromatic nitrogens is 2. The molecular formula is C13H14FN3. The van der Waals surface area contributed by atoms with E-state index in [1.54, 1.807) is 25.3 Å². The van der Waals surface area contributed by atoms with Crippen molar-refractivity contribution in [1.82, 2.24) is 9.97 Å². The number of benzene rings is 1. The smallest absolute Gasteiger partial charge is 0.149 e. The molecular weight excluding hydrogens is 217 g/mol. The second kappa shape index (κ2) is 4.91. The lowest BCUT2D eigenvalue weighted by Crippen LogP contribution is -2.05. The van der Waals surface area contributed by atoms with Gasteiger partial charge in [-0.1, -0.05) is 12.1 Å². The second-order valence-electron chi connectivity index (χ2n) is 3.89. The Morgan fingerprint density at radius 1 is 1.24 bits per heavy atom. The minimum Gasteiger partial charge on any atom is -0.377 e. The summed E-state index contributed by atoms with van der Waals surface area (Å²) in [6, 6.07) is 7.10. The molecule has 0 unspecified atom stereocenters. The summed E-state index contributed by atoms with van der Waals surface area (Å²) in [7, 11) is 0. The quantitative estimate of drug-likeness (QED) is 0.882. The molecule has 4 heteroatoms. The number of hydrogen-bond acceptors (Lipinski definition) is 3. The molecule has 0 spiro atoms. The lowest BCUT2D eigenvalue weighted by molar-refractivity contribution is 0.621. The van der Waals surface area contributed by atoms with Crippen LogP contribution in [0, 0.1) is 19.7 Å². The summed E-state index contributed by atoms with van der Waals surface area (Å²) in [5.41, 5.74) is 1.98. The van der Waals surface area contributed by atoms with Crippen molar-refractivity contribution < 1.29 is 4.39 Å². The molecule has 1 aromatic carbocycles. The highest BCUT2D eigenvalue weighted by molar-refractivity contribution is 5.47. The molecule has 0 atom stereocenters. The number of nitrogens with zero attached hydrogens (tertiary/aromatic N) is 2. The van der Waals surface area contributed by atoms with Crippen LogP contribution in [0.5, 0.6) is 0 Å². The Kier molecular flexibility index (Phi) is 3.32. The van der Waals surface area contributed by atoms with Crippen LogP contribution in [0.1, 0.15) is 17.1 Å². The average Bonchev–Trinajstić information content (AvgIpc) is 2.31. The Labute approximate surface area is 99.7 Å². The van der Waals surface area contributed by atoms with Crippen molar-refractivity contribution in [2.45, 2.75) is 20.4 Å². The fourth-order valence-electron chi connectivity index (χ4n) is 1.57. The Morgan fingerprint density at radius 3 is 2.82 bits per heavy atom. The average molecular weight is 231 g/mol. The number of aryl methyl sites for hydroxylation is 2. The summed E-state index contributed by atoms with van der Waals surface area (Å²) >= 11 is 0. The van der Waals surface area contributed by atoms with Crippen molar-refractivity contribution in [3.05, 3.63) is 53.4 Å². The summed E-state index contributed by atoms with van der Waals surface area (Å²) in [5.74, 6) is 0.507. The summed E-state index contributed by atoms with van der Waals surface area (Å²) in [5, 5.41) is 3.03. The molecule has 2 aromatic rings. The molecule has 0 saturated carbocycles. The van der Waals surface area contributed by atoms with Crippen molar-refractivity contribution in [2.75, 3.05) is 5.32 Å². The van der Waals surface area contributed by atoms with Gasteiger partial charge in [-0.25, -0.2) is 14.4 Å². The first-order chi connectivity index (χ1) is 8.16. The van der Waals surface area contributed by atoms with E-state index in [4.69, 9.17) is 0 Å². The Morgan fingerprint density at radius 2 is 2.06 bits per heavy atom. The zero-order chi connectivity index (χ0) is 12.3. The first-order valence-electron chi connectivity index (χ1n) is 5.44. The Bertz CT molecular complexity index is 526. The van der Waals surface area contributed by atoms with Gasteiger partial charge in [-0.15, -0.1) is 0 Å². The highest BCUT2D eigenvalue weighted by atomic mass is 19.1. The maximum absolute atomic E-state index is 13.7. The third-order valence-electron chi connectivity index (χ3n) is 2.49. The molecule has 0 radical (unpaired) electrons. The zero-order valence-electron chi connectivity index (χ0n) is 9.87. The maximum Gasteiger partial charge on any atom is 0.149 e. The number of anilines is 1. The summed E-state index contributed by atoms with van der Waals surface area (Å²) < 4.78 is 13.7. The molecule has 17 heavy (non-hydrogen) atoms. The molecule has 0 saturated heterocycles. The van der Waals surface area contributed by atoms with Crippen LogP contribution in [-0.4, -0.2) is 9.97 Å². The number of halogens is 1. The summed E-state index contributed by atoms with van der Waals surface area (Å²) in [6.45, 7) is 4.07. The van der Waals surface area contributed by atoms with Gasteiger partial charge in [0.25, 0.3) is 0 Å². The van der Waals surface area contributed by atoms with Crippen LogP contribution >= 0.6 is 0 Å². The zero-order valence-corrected chi connectivity index (χ0v) is 9.87. The third-order valence-corrected chi connectivity index (χ3v) is 2.49. The molecule has 88 valence electrons. The lowest BCUT2D eigenvalue weighted by Gasteiger charge is -2.08. The van der Waals surface area contributed by atoms with Gasteiger partial charge in [-0.05, 0) is 31.5 Å². The topological polar surface area (TPSA) is 37.8 Å². The molecule has 0 aliphatic carbocycles. The van der Waals surface area contributed by atoms with E-state index in [1.807, 2.05) is 19.1 Å². The number of hydrogen-bond donors (Lipinski definition) is 1. The summed E-state index contributed by atoms with van der Waals surface area (Å²) in [4.78, 5) is 8.26. The van der Waals surface area contributed by atoms with Crippen LogP contribution in [0.3, 0.4) is 0 Å². The molecule has 0 amide bonds. The highest BCUT2D eigenvalue weighted by Gasteiger charge is 2.04. The van der Waals surface area contributed by atoms with E-state index < -0.39 is 0 Å².